The van der Waals surface area contributed by atoms with Gasteiger partial charge in [0, 0.05) is 17.1 Å². The van der Waals surface area contributed by atoms with Gasteiger partial charge in [-0.2, -0.15) is 0 Å². The second-order valence-corrected chi connectivity index (χ2v) is 22.0. The van der Waals surface area contributed by atoms with Crippen molar-refractivity contribution >= 4 is 17.1 Å². The van der Waals surface area contributed by atoms with E-state index in [1.165, 1.54) is 101 Å². The summed E-state index contributed by atoms with van der Waals surface area (Å²) in [4.78, 5) is 2.54. The van der Waals surface area contributed by atoms with Gasteiger partial charge in [0.05, 0.1) is 0 Å². The Morgan fingerprint density at radius 1 is 0.469 bits per heavy atom. The molecule has 0 spiro atoms. The lowest BCUT2D eigenvalue weighted by Gasteiger charge is -2.32. The molecule has 1 heteroatoms. The van der Waals surface area contributed by atoms with Crippen LogP contribution in [0.15, 0.2) is 146 Å². The molecule has 324 valence electrons. The number of hydrogen-bond acceptors (Lipinski definition) is 1. The predicted molar refractivity (Wildman–Crippen MR) is 273 cm³/mol. The van der Waals surface area contributed by atoms with Gasteiger partial charge < -0.3 is 4.90 Å². The van der Waals surface area contributed by atoms with Crippen LogP contribution in [-0.4, -0.2) is 0 Å². The fourth-order valence-electron chi connectivity index (χ4n) is 11.2. The van der Waals surface area contributed by atoms with Gasteiger partial charge in [0.1, 0.15) is 0 Å². The molecule has 0 N–H and O–H groups in total. The number of anilines is 3. The lowest BCUT2D eigenvalue weighted by molar-refractivity contribution is 0.535. The Labute approximate surface area is 384 Å². The van der Waals surface area contributed by atoms with E-state index in [2.05, 4.69) is 213 Å². The van der Waals surface area contributed by atoms with Crippen molar-refractivity contribution in [2.45, 2.75) is 129 Å². The van der Waals surface area contributed by atoms with Crippen LogP contribution in [0.2, 0.25) is 0 Å². The third-order valence-corrected chi connectivity index (χ3v) is 15.3. The van der Waals surface area contributed by atoms with Crippen molar-refractivity contribution in [1.29, 1.82) is 0 Å². The van der Waals surface area contributed by atoms with Gasteiger partial charge in [-0.3, -0.25) is 0 Å². The van der Waals surface area contributed by atoms with Crippen molar-refractivity contribution in [2.75, 3.05) is 4.90 Å². The maximum atomic E-state index is 2.56. The van der Waals surface area contributed by atoms with E-state index < -0.39 is 0 Å². The first-order valence-corrected chi connectivity index (χ1v) is 24.3. The topological polar surface area (TPSA) is 3.24 Å². The minimum absolute atomic E-state index is 0.0912. The van der Waals surface area contributed by atoms with Gasteiger partial charge in [-0.1, -0.05) is 184 Å². The van der Waals surface area contributed by atoms with Crippen LogP contribution in [-0.2, 0) is 49.4 Å². The van der Waals surface area contributed by atoms with Crippen LogP contribution in [0, 0.1) is 5.92 Å². The summed E-state index contributed by atoms with van der Waals surface area (Å²) in [5, 5.41) is 0. The maximum Gasteiger partial charge on any atom is 0.0494 e. The SMILES string of the molecule is CC(C)C(C)c1ccc2c(c1)-c1ccccc1C(Cc1ccc3c(c1)CCc1cc(CC4Cc5ccc(C(C)(C)C)cc5-c5cc(C(C)(C)C)ccc54)ccc1N3c1ccccc1)C2. The highest BCUT2D eigenvalue weighted by Gasteiger charge is 2.31. The molecule has 0 bridgehead atoms. The molecule has 1 aliphatic heterocycles. The zero-order valence-corrected chi connectivity index (χ0v) is 39.9. The van der Waals surface area contributed by atoms with Crippen molar-refractivity contribution in [3.05, 3.63) is 207 Å². The van der Waals surface area contributed by atoms with Crippen molar-refractivity contribution in [1.82, 2.24) is 0 Å². The average molecular weight is 838 g/mol. The molecule has 3 atom stereocenters. The Bertz CT molecular complexity index is 2860. The molecule has 64 heavy (non-hydrogen) atoms. The van der Waals surface area contributed by atoms with E-state index in [9.17, 15) is 0 Å². The van der Waals surface area contributed by atoms with Crippen LogP contribution in [0.25, 0.3) is 22.3 Å². The molecule has 2 aliphatic carbocycles. The molecule has 0 saturated heterocycles. The van der Waals surface area contributed by atoms with E-state index >= 15 is 0 Å². The van der Waals surface area contributed by atoms with Crippen LogP contribution >= 0.6 is 0 Å². The van der Waals surface area contributed by atoms with Crippen LogP contribution in [0.1, 0.15) is 141 Å². The van der Waals surface area contributed by atoms with Crippen LogP contribution in [0.3, 0.4) is 0 Å². The Morgan fingerprint density at radius 3 is 1.58 bits per heavy atom. The first kappa shape index (κ1) is 42.3. The van der Waals surface area contributed by atoms with Gasteiger partial charge in [-0.05, 0) is 181 Å². The summed E-state index contributed by atoms with van der Waals surface area (Å²) < 4.78 is 0. The number of hydrogen-bond donors (Lipinski definition) is 0. The third-order valence-electron chi connectivity index (χ3n) is 15.3. The minimum atomic E-state index is 0.0912. The molecule has 1 heterocycles. The number of rotatable bonds is 7. The smallest absolute Gasteiger partial charge is 0.0494 e. The van der Waals surface area contributed by atoms with Crippen molar-refractivity contribution in [3.8, 4) is 22.3 Å². The molecule has 3 aliphatic rings. The summed E-state index contributed by atoms with van der Waals surface area (Å²) in [6.07, 6.45) is 6.26. The number of nitrogens with zero attached hydrogens (tertiary/aromatic N) is 1. The molecular weight excluding hydrogens is 771 g/mol. The minimum Gasteiger partial charge on any atom is -0.310 e. The summed E-state index contributed by atoms with van der Waals surface area (Å²) >= 11 is 0. The van der Waals surface area contributed by atoms with Crippen LogP contribution in [0.5, 0.6) is 0 Å². The highest BCUT2D eigenvalue weighted by Crippen LogP contribution is 2.48. The monoisotopic (exact) mass is 838 g/mol. The molecule has 0 radical (unpaired) electrons. The van der Waals surface area contributed by atoms with E-state index in [0.717, 1.165) is 38.5 Å². The second-order valence-electron chi connectivity index (χ2n) is 22.0. The zero-order valence-electron chi connectivity index (χ0n) is 39.9. The van der Waals surface area contributed by atoms with Gasteiger partial charge in [0.2, 0.25) is 0 Å². The molecule has 10 rings (SSSR count). The van der Waals surface area contributed by atoms with E-state index in [4.69, 9.17) is 0 Å². The van der Waals surface area contributed by atoms with Gasteiger partial charge in [0.15, 0.2) is 0 Å². The molecule has 0 fully saturated rings. The quantitative estimate of drug-likeness (QED) is 0.155. The fraction of sp³-hybridized carbons (Fsp3) is 0.333. The van der Waals surface area contributed by atoms with Crippen LogP contribution < -0.4 is 4.90 Å². The molecule has 0 amide bonds. The van der Waals surface area contributed by atoms with Crippen molar-refractivity contribution < 1.29 is 0 Å². The highest BCUT2D eigenvalue weighted by molar-refractivity contribution is 5.82. The molecule has 0 aromatic heterocycles. The second kappa shape index (κ2) is 16.4. The summed E-state index contributed by atoms with van der Waals surface area (Å²) in [6, 6.07) is 57.1. The first-order valence-electron chi connectivity index (χ1n) is 24.3. The average Bonchev–Trinajstić information content (AvgIpc) is 3.44. The lowest BCUT2D eigenvalue weighted by Crippen LogP contribution is -2.18. The highest BCUT2D eigenvalue weighted by atomic mass is 15.1. The van der Waals surface area contributed by atoms with E-state index in [1.807, 2.05) is 0 Å². The summed E-state index contributed by atoms with van der Waals surface area (Å²) in [7, 11) is 0. The van der Waals surface area contributed by atoms with E-state index in [1.54, 1.807) is 0 Å². The van der Waals surface area contributed by atoms with Gasteiger partial charge in [0.25, 0.3) is 0 Å². The zero-order chi connectivity index (χ0) is 44.5. The summed E-state index contributed by atoms with van der Waals surface area (Å²) in [6.45, 7) is 21.1. The third kappa shape index (κ3) is 7.95. The van der Waals surface area contributed by atoms with Gasteiger partial charge in [-0.15, -0.1) is 0 Å². The van der Waals surface area contributed by atoms with Crippen molar-refractivity contribution in [2.24, 2.45) is 5.92 Å². The molecule has 7 aromatic carbocycles. The van der Waals surface area contributed by atoms with E-state index in [0.29, 0.717) is 23.7 Å². The van der Waals surface area contributed by atoms with E-state index in [-0.39, 0.29) is 10.8 Å². The van der Waals surface area contributed by atoms with Gasteiger partial charge >= 0.3 is 0 Å². The molecule has 3 unspecified atom stereocenters. The molecule has 1 nitrogen and oxygen atoms in total. The Kier molecular flexibility index (Phi) is 10.8. The maximum absolute atomic E-state index is 2.56. The molecule has 7 aromatic rings. The largest absolute Gasteiger partial charge is 0.310 e. The number of benzene rings is 7. The predicted octanol–water partition coefficient (Wildman–Crippen LogP) is 16.7. The molecular formula is C63H67N. The van der Waals surface area contributed by atoms with Gasteiger partial charge in [-0.25, -0.2) is 0 Å². The normalized spacial score (nSPS) is 17.1. The van der Waals surface area contributed by atoms with Crippen LogP contribution in [0.4, 0.5) is 17.1 Å². The Balaban J connectivity index is 0.960. The summed E-state index contributed by atoms with van der Waals surface area (Å²) in [5.41, 5.74) is 25.8. The molecule has 0 saturated carbocycles. The lowest BCUT2D eigenvalue weighted by atomic mass is 9.72. The number of fused-ring (bicyclic) bond motifs is 8. The number of aryl methyl sites for hydroxylation is 2. The van der Waals surface area contributed by atoms with Crippen molar-refractivity contribution in [3.63, 3.8) is 0 Å². The Morgan fingerprint density at radius 2 is 0.984 bits per heavy atom. The standard InChI is InChI=1S/C63H67N/c1-40(2)41(3)44-21-22-45-35-49(54-17-13-14-18-56(54)57(45)37-44)33-42-19-29-60-47(31-42)23-24-48-32-43(20-30-61(48)64(60)53-15-11-10-12-16-53)34-50-36-46-25-26-51(62(4,5)6)38-58(46)59-39-52(63(7,8)9)27-28-55(50)59/h10-22,25-32,37-41,49-50H,23-24,33-36H2,1-9H3. The first-order chi connectivity index (χ1) is 30.7. The summed E-state index contributed by atoms with van der Waals surface area (Å²) in [5.74, 6) is 2.03. The fourth-order valence-corrected chi connectivity index (χ4v) is 11.2. The number of para-hydroxylation sites is 1. The Hall–Kier alpha value is -5.66.